The summed E-state index contributed by atoms with van der Waals surface area (Å²) >= 11 is 5.85. The summed E-state index contributed by atoms with van der Waals surface area (Å²) in [6, 6.07) is 7.43. The van der Waals surface area contributed by atoms with E-state index in [9.17, 15) is 0 Å². The van der Waals surface area contributed by atoms with Gasteiger partial charge in [-0.3, -0.25) is 4.98 Å². The van der Waals surface area contributed by atoms with Crippen LogP contribution in [0.4, 0.5) is 5.82 Å². The fraction of sp³-hybridized carbons (Fsp3) is 0.0909. The number of nitrogens with two attached hydrogens (primary N) is 1. The second-order valence-corrected chi connectivity index (χ2v) is 3.64. The molecule has 2 aromatic rings. The van der Waals surface area contributed by atoms with E-state index in [1.165, 1.54) is 12.4 Å². The van der Waals surface area contributed by atoms with Crippen LogP contribution in [0.1, 0.15) is 5.56 Å². The van der Waals surface area contributed by atoms with Gasteiger partial charge < -0.3 is 10.5 Å². The van der Waals surface area contributed by atoms with Gasteiger partial charge in [0.2, 0.25) is 5.88 Å². The molecule has 0 spiro atoms. The standard InChI is InChI=1S/C11H10ClN3O/c12-9-3-1-2-8(4-9)7-16-11-6-14-5-10(13)15-11/h1-6H,7H2,(H2,13,15). The molecule has 1 aromatic carbocycles. The third-order valence-electron chi connectivity index (χ3n) is 1.91. The van der Waals surface area contributed by atoms with Gasteiger partial charge in [0.05, 0.1) is 12.4 Å². The topological polar surface area (TPSA) is 61.0 Å². The number of hydrogen-bond donors (Lipinski definition) is 1. The fourth-order valence-corrected chi connectivity index (χ4v) is 1.43. The van der Waals surface area contributed by atoms with Crippen LogP contribution >= 0.6 is 11.6 Å². The number of ether oxygens (including phenoxy) is 1. The van der Waals surface area contributed by atoms with Crippen molar-refractivity contribution >= 4 is 17.4 Å². The Bertz CT molecular complexity index is 445. The smallest absolute Gasteiger partial charge is 0.234 e. The first kappa shape index (κ1) is 10.7. The van der Waals surface area contributed by atoms with Crippen molar-refractivity contribution in [3.05, 3.63) is 47.2 Å². The molecule has 0 aliphatic heterocycles. The second-order valence-electron chi connectivity index (χ2n) is 3.20. The largest absolute Gasteiger partial charge is 0.472 e. The zero-order chi connectivity index (χ0) is 11.4. The van der Waals surface area contributed by atoms with Crippen LogP contribution in [0, 0.1) is 0 Å². The number of benzene rings is 1. The van der Waals surface area contributed by atoms with Crippen LogP contribution in [0.3, 0.4) is 0 Å². The molecule has 0 atom stereocenters. The summed E-state index contributed by atoms with van der Waals surface area (Å²) in [4.78, 5) is 7.85. The molecule has 0 amide bonds. The molecule has 0 aliphatic carbocycles. The maximum Gasteiger partial charge on any atom is 0.234 e. The summed E-state index contributed by atoms with van der Waals surface area (Å²) in [5.41, 5.74) is 6.45. The first-order valence-electron chi connectivity index (χ1n) is 4.69. The summed E-state index contributed by atoms with van der Waals surface area (Å²) in [5, 5.41) is 0.680. The average Bonchev–Trinajstić information content (AvgIpc) is 2.27. The normalized spacial score (nSPS) is 10.1. The maximum absolute atomic E-state index is 5.85. The SMILES string of the molecule is Nc1cncc(OCc2cccc(Cl)c2)n1. The third-order valence-corrected chi connectivity index (χ3v) is 2.14. The monoisotopic (exact) mass is 235 g/mol. The van der Waals surface area contributed by atoms with Crippen molar-refractivity contribution in [1.29, 1.82) is 0 Å². The average molecular weight is 236 g/mol. The first-order valence-corrected chi connectivity index (χ1v) is 5.06. The van der Waals surface area contributed by atoms with E-state index in [2.05, 4.69) is 9.97 Å². The van der Waals surface area contributed by atoms with Crippen LogP contribution < -0.4 is 10.5 Å². The lowest BCUT2D eigenvalue weighted by atomic mass is 10.2. The molecule has 0 aliphatic rings. The highest BCUT2D eigenvalue weighted by atomic mass is 35.5. The van der Waals surface area contributed by atoms with Gasteiger partial charge in [-0.2, -0.15) is 4.98 Å². The highest BCUT2D eigenvalue weighted by Crippen LogP contribution is 2.13. The molecule has 82 valence electrons. The van der Waals surface area contributed by atoms with Crippen molar-refractivity contribution in [3.63, 3.8) is 0 Å². The number of nitrogen functional groups attached to an aromatic ring is 1. The lowest BCUT2D eigenvalue weighted by molar-refractivity contribution is 0.293. The quantitative estimate of drug-likeness (QED) is 0.887. The molecule has 1 aromatic heterocycles. The molecule has 0 bridgehead atoms. The van der Waals surface area contributed by atoms with Gasteiger partial charge in [0, 0.05) is 5.02 Å². The minimum Gasteiger partial charge on any atom is -0.472 e. The summed E-state index contributed by atoms with van der Waals surface area (Å²) in [6.45, 7) is 0.388. The van der Waals surface area contributed by atoms with Crippen molar-refractivity contribution in [3.8, 4) is 5.88 Å². The Kier molecular flexibility index (Phi) is 3.22. The summed E-state index contributed by atoms with van der Waals surface area (Å²) in [6.07, 6.45) is 2.98. The number of aromatic nitrogens is 2. The molecule has 0 unspecified atom stereocenters. The third kappa shape index (κ3) is 2.84. The molecule has 0 fully saturated rings. The Morgan fingerprint density at radius 2 is 2.19 bits per heavy atom. The van der Waals surface area contributed by atoms with Gasteiger partial charge in [0.25, 0.3) is 0 Å². The predicted molar refractivity (Wildman–Crippen MR) is 62.2 cm³/mol. The number of hydrogen-bond acceptors (Lipinski definition) is 4. The first-order chi connectivity index (χ1) is 7.74. The van der Waals surface area contributed by atoms with Crippen molar-refractivity contribution in [2.75, 3.05) is 5.73 Å². The van der Waals surface area contributed by atoms with Gasteiger partial charge in [-0.15, -0.1) is 0 Å². The highest BCUT2D eigenvalue weighted by Gasteiger charge is 1.99. The van der Waals surface area contributed by atoms with E-state index in [4.69, 9.17) is 22.1 Å². The van der Waals surface area contributed by atoms with E-state index in [-0.39, 0.29) is 0 Å². The minimum absolute atomic E-state index is 0.337. The summed E-state index contributed by atoms with van der Waals surface area (Å²) in [5.74, 6) is 0.739. The zero-order valence-corrected chi connectivity index (χ0v) is 9.19. The fourth-order valence-electron chi connectivity index (χ4n) is 1.22. The van der Waals surface area contributed by atoms with Gasteiger partial charge >= 0.3 is 0 Å². The van der Waals surface area contributed by atoms with Crippen LogP contribution in [0.25, 0.3) is 0 Å². The molecule has 5 heteroatoms. The van der Waals surface area contributed by atoms with E-state index < -0.39 is 0 Å². The number of anilines is 1. The summed E-state index contributed by atoms with van der Waals surface area (Å²) in [7, 11) is 0. The van der Waals surface area contributed by atoms with Crippen LogP contribution in [0.5, 0.6) is 5.88 Å². The molecule has 16 heavy (non-hydrogen) atoms. The number of halogens is 1. The van der Waals surface area contributed by atoms with Gasteiger partial charge in [-0.25, -0.2) is 0 Å². The van der Waals surface area contributed by atoms with Crippen LogP contribution in [-0.4, -0.2) is 9.97 Å². The molecular formula is C11H10ClN3O. The molecule has 2 N–H and O–H groups in total. The van der Waals surface area contributed by atoms with E-state index in [0.29, 0.717) is 23.3 Å². The van der Waals surface area contributed by atoms with Crippen molar-refractivity contribution in [2.45, 2.75) is 6.61 Å². The number of rotatable bonds is 3. The molecular weight excluding hydrogens is 226 g/mol. The van der Waals surface area contributed by atoms with Gasteiger partial charge in [0.15, 0.2) is 0 Å². The van der Waals surface area contributed by atoms with Gasteiger partial charge in [-0.1, -0.05) is 23.7 Å². The molecule has 0 saturated heterocycles. The highest BCUT2D eigenvalue weighted by molar-refractivity contribution is 6.30. The van der Waals surface area contributed by atoms with E-state index >= 15 is 0 Å². The minimum atomic E-state index is 0.337. The predicted octanol–water partition coefficient (Wildman–Crippen LogP) is 2.29. The van der Waals surface area contributed by atoms with Crippen LogP contribution in [0.15, 0.2) is 36.7 Å². The lowest BCUT2D eigenvalue weighted by Crippen LogP contribution is -1.99. The van der Waals surface area contributed by atoms with Crippen LogP contribution in [0.2, 0.25) is 5.02 Å². The number of nitrogens with zero attached hydrogens (tertiary/aromatic N) is 2. The van der Waals surface area contributed by atoms with Crippen molar-refractivity contribution in [1.82, 2.24) is 9.97 Å². The van der Waals surface area contributed by atoms with Crippen molar-refractivity contribution in [2.24, 2.45) is 0 Å². The molecule has 0 radical (unpaired) electrons. The zero-order valence-electron chi connectivity index (χ0n) is 8.43. The Hall–Kier alpha value is -1.81. The van der Waals surface area contributed by atoms with E-state index in [1.807, 2.05) is 24.3 Å². The Balaban J connectivity index is 2.02. The molecule has 4 nitrogen and oxygen atoms in total. The lowest BCUT2D eigenvalue weighted by Gasteiger charge is -2.05. The van der Waals surface area contributed by atoms with Gasteiger partial charge in [-0.05, 0) is 17.7 Å². The summed E-state index contributed by atoms with van der Waals surface area (Å²) < 4.78 is 5.42. The van der Waals surface area contributed by atoms with Crippen molar-refractivity contribution < 1.29 is 4.74 Å². The Labute approximate surface area is 98.0 Å². The maximum atomic E-state index is 5.85. The van der Waals surface area contributed by atoms with Crippen LogP contribution in [-0.2, 0) is 6.61 Å². The van der Waals surface area contributed by atoms with Gasteiger partial charge in [0.1, 0.15) is 12.4 Å². The Morgan fingerprint density at radius 1 is 1.31 bits per heavy atom. The van der Waals surface area contributed by atoms with E-state index in [1.54, 1.807) is 0 Å². The molecule has 2 rings (SSSR count). The Morgan fingerprint density at radius 3 is 2.94 bits per heavy atom. The molecule has 0 saturated carbocycles. The van der Waals surface area contributed by atoms with E-state index in [0.717, 1.165) is 5.56 Å². The second kappa shape index (κ2) is 4.81. The molecule has 1 heterocycles.